The molecule has 110 valence electrons. The van der Waals surface area contributed by atoms with Crippen LogP contribution in [-0.4, -0.2) is 47.0 Å². The smallest absolute Gasteiger partial charge is 0.104 e. The summed E-state index contributed by atoms with van der Waals surface area (Å²) in [5.41, 5.74) is 7.59. The van der Waals surface area contributed by atoms with Crippen molar-refractivity contribution in [2.75, 3.05) is 20.1 Å². The molecule has 1 aromatic rings. The van der Waals surface area contributed by atoms with E-state index < -0.39 is 0 Å². The lowest BCUT2D eigenvalue weighted by Gasteiger charge is -2.42. The van der Waals surface area contributed by atoms with Gasteiger partial charge in [0.25, 0.3) is 0 Å². The summed E-state index contributed by atoms with van der Waals surface area (Å²) in [6.07, 6.45) is 0. The van der Waals surface area contributed by atoms with Crippen molar-refractivity contribution in [3.63, 3.8) is 0 Å². The summed E-state index contributed by atoms with van der Waals surface area (Å²) in [7, 11) is 2.19. The van der Waals surface area contributed by atoms with Crippen molar-refractivity contribution < 1.29 is 0 Å². The topological polar surface area (TPSA) is 32.5 Å². The number of rotatable bonds is 3. The number of hydrogen-bond donors (Lipinski definition) is 1. The third-order valence-electron chi connectivity index (χ3n) is 4.17. The first kappa shape index (κ1) is 15.7. The van der Waals surface area contributed by atoms with Crippen LogP contribution in [0.15, 0.2) is 18.2 Å². The van der Waals surface area contributed by atoms with Crippen LogP contribution in [0.3, 0.4) is 0 Å². The molecule has 2 N–H and O–H groups in total. The van der Waals surface area contributed by atoms with Crippen molar-refractivity contribution in [1.82, 2.24) is 9.80 Å². The summed E-state index contributed by atoms with van der Waals surface area (Å²) in [5, 5.41) is 0.745. The molecule has 2 atom stereocenters. The maximum atomic E-state index is 6.34. The molecule has 1 heterocycles. The Kier molecular flexibility index (Phi) is 5.02. The normalized spacial score (nSPS) is 24.8. The Morgan fingerprint density at radius 1 is 1.35 bits per heavy atom. The standard InChI is InChI=1S/C15H22ClN3S/c1-10-7-19(8-11(2)18(10)3)9-13-5-4-12(15(17)20)6-14(13)16/h4-6,10-11H,7-9H2,1-3H3,(H2,17,20). The highest BCUT2D eigenvalue weighted by Crippen LogP contribution is 2.22. The summed E-state index contributed by atoms with van der Waals surface area (Å²) in [6, 6.07) is 6.97. The van der Waals surface area contributed by atoms with E-state index in [-0.39, 0.29) is 0 Å². The average Bonchev–Trinajstić information content (AvgIpc) is 2.38. The van der Waals surface area contributed by atoms with E-state index in [0.717, 1.165) is 35.8 Å². The second-order valence-electron chi connectivity index (χ2n) is 5.73. The molecule has 0 amide bonds. The number of halogens is 1. The zero-order valence-electron chi connectivity index (χ0n) is 12.3. The van der Waals surface area contributed by atoms with E-state index in [1.807, 2.05) is 18.2 Å². The molecule has 1 aliphatic heterocycles. The molecule has 0 bridgehead atoms. The molecule has 2 unspecified atom stereocenters. The van der Waals surface area contributed by atoms with Gasteiger partial charge in [-0.3, -0.25) is 9.80 Å². The van der Waals surface area contributed by atoms with Crippen molar-refractivity contribution in [1.29, 1.82) is 0 Å². The first-order valence-electron chi connectivity index (χ1n) is 6.91. The summed E-state index contributed by atoms with van der Waals surface area (Å²) in [6.45, 7) is 7.53. The van der Waals surface area contributed by atoms with E-state index in [0.29, 0.717) is 17.1 Å². The number of thiocarbonyl (C=S) groups is 1. The second-order valence-corrected chi connectivity index (χ2v) is 6.58. The minimum Gasteiger partial charge on any atom is -0.389 e. The third-order valence-corrected chi connectivity index (χ3v) is 4.75. The molecule has 1 saturated heterocycles. The van der Waals surface area contributed by atoms with Crippen molar-refractivity contribution in [2.45, 2.75) is 32.5 Å². The highest BCUT2D eigenvalue weighted by Gasteiger charge is 2.26. The van der Waals surface area contributed by atoms with E-state index in [4.69, 9.17) is 29.6 Å². The van der Waals surface area contributed by atoms with E-state index in [1.165, 1.54) is 0 Å². The highest BCUT2D eigenvalue weighted by atomic mass is 35.5. The number of benzene rings is 1. The van der Waals surface area contributed by atoms with Crippen molar-refractivity contribution >= 4 is 28.8 Å². The lowest BCUT2D eigenvalue weighted by molar-refractivity contribution is 0.0556. The summed E-state index contributed by atoms with van der Waals surface area (Å²) < 4.78 is 0. The van der Waals surface area contributed by atoms with Crippen LogP contribution in [0.4, 0.5) is 0 Å². The molecule has 20 heavy (non-hydrogen) atoms. The third kappa shape index (κ3) is 3.50. The molecule has 0 radical (unpaired) electrons. The molecular formula is C15H22ClN3S. The first-order chi connectivity index (χ1) is 9.38. The molecule has 1 aromatic carbocycles. The van der Waals surface area contributed by atoms with Crippen LogP contribution in [0, 0.1) is 0 Å². The summed E-state index contributed by atoms with van der Waals surface area (Å²) in [4.78, 5) is 5.27. The molecule has 0 aromatic heterocycles. The Labute approximate surface area is 131 Å². The van der Waals surface area contributed by atoms with Gasteiger partial charge in [0.1, 0.15) is 4.99 Å². The van der Waals surface area contributed by atoms with Crippen LogP contribution >= 0.6 is 23.8 Å². The van der Waals surface area contributed by atoms with Gasteiger partial charge in [0.05, 0.1) is 0 Å². The molecule has 0 aliphatic carbocycles. The van der Waals surface area contributed by atoms with Gasteiger partial charge in [-0.15, -0.1) is 0 Å². The van der Waals surface area contributed by atoms with Gasteiger partial charge in [0, 0.05) is 42.3 Å². The van der Waals surface area contributed by atoms with E-state index in [1.54, 1.807) is 0 Å². The van der Waals surface area contributed by atoms with Crippen LogP contribution < -0.4 is 5.73 Å². The van der Waals surface area contributed by atoms with Gasteiger partial charge in [-0.2, -0.15) is 0 Å². The number of nitrogens with two attached hydrogens (primary N) is 1. The van der Waals surface area contributed by atoms with E-state index >= 15 is 0 Å². The van der Waals surface area contributed by atoms with Gasteiger partial charge < -0.3 is 5.73 Å². The van der Waals surface area contributed by atoms with Crippen LogP contribution in [0.25, 0.3) is 0 Å². The van der Waals surface area contributed by atoms with Gasteiger partial charge in [0.2, 0.25) is 0 Å². The van der Waals surface area contributed by atoms with Gasteiger partial charge in [-0.1, -0.05) is 36.0 Å². The average molecular weight is 312 g/mol. The number of likely N-dealkylation sites (N-methyl/N-ethyl adjacent to an activating group) is 1. The Morgan fingerprint density at radius 3 is 2.45 bits per heavy atom. The predicted octanol–water partition coefficient (Wildman–Crippen LogP) is 2.50. The fraction of sp³-hybridized carbons (Fsp3) is 0.533. The molecule has 2 rings (SSSR count). The van der Waals surface area contributed by atoms with Crippen molar-refractivity contribution in [2.24, 2.45) is 5.73 Å². The van der Waals surface area contributed by atoms with Gasteiger partial charge in [-0.05, 0) is 32.5 Å². The maximum absolute atomic E-state index is 6.34. The zero-order valence-corrected chi connectivity index (χ0v) is 13.8. The van der Waals surface area contributed by atoms with Gasteiger partial charge >= 0.3 is 0 Å². The van der Waals surface area contributed by atoms with Crippen molar-refractivity contribution in [3.05, 3.63) is 34.3 Å². The molecular weight excluding hydrogens is 290 g/mol. The Bertz CT molecular complexity index is 494. The van der Waals surface area contributed by atoms with Crippen LogP contribution in [-0.2, 0) is 6.54 Å². The lowest BCUT2D eigenvalue weighted by atomic mass is 10.1. The monoisotopic (exact) mass is 311 g/mol. The molecule has 3 nitrogen and oxygen atoms in total. The summed E-state index contributed by atoms with van der Waals surface area (Å²) in [5.74, 6) is 0. The molecule has 0 spiro atoms. The van der Waals surface area contributed by atoms with E-state index in [2.05, 4.69) is 30.7 Å². The van der Waals surface area contributed by atoms with Crippen LogP contribution in [0.2, 0.25) is 5.02 Å². The minimum absolute atomic E-state index is 0.389. The van der Waals surface area contributed by atoms with Gasteiger partial charge in [0.15, 0.2) is 0 Å². The molecule has 0 saturated carbocycles. The molecule has 1 fully saturated rings. The van der Waals surface area contributed by atoms with Crippen LogP contribution in [0.1, 0.15) is 25.0 Å². The molecule has 1 aliphatic rings. The quantitative estimate of drug-likeness (QED) is 0.869. The number of nitrogens with zero attached hydrogens (tertiary/aromatic N) is 2. The Balaban J connectivity index is 2.09. The fourth-order valence-corrected chi connectivity index (χ4v) is 3.08. The lowest BCUT2D eigenvalue weighted by Crippen LogP contribution is -2.54. The Hall–Kier alpha value is -0.680. The van der Waals surface area contributed by atoms with Gasteiger partial charge in [-0.25, -0.2) is 0 Å². The second kappa shape index (κ2) is 6.39. The molecule has 5 heteroatoms. The zero-order chi connectivity index (χ0) is 14.9. The largest absolute Gasteiger partial charge is 0.389 e. The minimum atomic E-state index is 0.389. The predicted molar refractivity (Wildman–Crippen MR) is 89.3 cm³/mol. The fourth-order valence-electron chi connectivity index (χ4n) is 2.71. The summed E-state index contributed by atoms with van der Waals surface area (Å²) >= 11 is 11.3. The van der Waals surface area contributed by atoms with Crippen molar-refractivity contribution in [3.8, 4) is 0 Å². The highest BCUT2D eigenvalue weighted by molar-refractivity contribution is 7.80. The Morgan fingerprint density at radius 2 is 1.95 bits per heavy atom. The van der Waals surface area contributed by atoms with Crippen LogP contribution in [0.5, 0.6) is 0 Å². The first-order valence-corrected chi connectivity index (χ1v) is 7.69. The SMILES string of the molecule is CC1CN(Cc2ccc(C(N)=S)cc2Cl)CC(C)N1C. The number of piperazine rings is 1. The van der Waals surface area contributed by atoms with E-state index in [9.17, 15) is 0 Å². The maximum Gasteiger partial charge on any atom is 0.104 e. The number of hydrogen-bond acceptors (Lipinski definition) is 3.